The van der Waals surface area contributed by atoms with Gasteiger partial charge in [-0.15, -0.1) is 11.3 Å². The van der Waals surface area contributed by atoms with Crippen LogP contribution < -0.4 is 5.32 Å². The first-order chi connectivity index (χ1) is 6.08. The highest BCUT2D eigenvalue weighted by molar-refractivity contribution is 7.13. The van der Waals surface area contributed by atoms with Gasteiger partial charge in [-0.3, -0.25) is 4.79 Å². The molecule has 1 amide bonds. The monoisotopic (exact) mass is 198 g/mol. The second-order valence-electron chi connectivity index (χ2n) is 3.42. The molecule has 0 aromatic carbocycles. The van der Waals surface area contributed by atoms with E-state index in [-0.39, 0.29) is 5.91 Å². The molecule has 3 nitrogen and oxygen atoms in total. The molecular weight excluding hydrogens is 184 g/mol. The van der Waals surface area contributed by atoms with Crippen LogP contribution in [0.3, 0.4) is 0 Å². The Balaban J connectivity index is 2.58. The largest absolute Gasteiger partial charge is 0.302 e. The molecule has 0 fully saturated rings. The average Bonchev–Trinajstić information content (AvgIpc) is 2.33. The first kappa shape index (κ1) is 10.2. The normalized spacial score (nSPS) is 10.5. The number of nitrogens with one attached hydrogen (secondary N) is 1. The number of anilines is 1. The predicted octanol–water partition coefficient (Wildman–Crippen LogP) is 2.30. The minimum Gasteiger partial charge on any atom is -0.302 e. The molecule has 0 spiro atoms. The van der Waals surface area contributed by atoms with Crippen molar-refractivity contribution in [3.05, 3.63) is 11.1 Å². The van der Waals surface area contributed by atoms with Gasteiger partial charge in [0, 0.05) is 12.3 Å². The number of hydrogen-bond acceptors (Lipinski definition) is 3. The van der Waals surface area contributed by atoms with Crippen molar-refractivity contribution in [3.63, 3.8) is 0 Å². The van der Waals surface area contributed by atoms with Crippen molar-refractivity contribution in [1.82, 2.24) is 4.98 Å². The van der Waals surface area contributed by atoms with Crippen LogP contribution in [0.15, 0.2) is 5.38 Å². The number of carbonyl (C=O) groups excluding carboxylic acids is 1. The van der Waals surface area contributed by atoms with Crippen molar-refractivity contribution >= 4 is 22.4 Å². The Bertz CT molecular complexity index is 294. The Kier molecular flexibility index (Phi) is 3.42. The molecule has 0 saturated heterocycles. The zero-order chi connectivity index (χ0) is 9.84. The van der Waals surface area contributed by atoms with Crippen LogP contribution >= 0.6 is 11.3 Å². The second kappa shape index (κ2) is 4.37. The van der Waals surface area contributed by atoms with E-state index < -0.39 is 0 Å². The van der Waals surface area contributed by atoms with Crippen molar-refractivity contribution < 1.29 is 4.79 Å². The van der Waals surface area contributed by atoms with Crippen molar-refractivity contribution in [1.29, 1.82) is 0 Å². The van der Waals surface area contributed by atoms with Gasteiger partial charge in [-0.05, 0) is 12.3 Å². The summed E-state index contributed by atoms with van der Waals surface area (Å²) < 4.78 is 0. The fraction of sp³-hybridized carbons (Fsp3) is 0.556. The second-order valence-corrected chi connectivity index (χ2v) is 4.28. The summed E-state index contributed by atoms with van der Waals surface area (Å²) >= 11 is 1.48. The van der Waals surface area contributed by atoms with E-state index in [4.69, 9.17) is 0 Å². The molecule has 0 saturated carbocycles. The summed E-state index contributed by atoms with van der Waals surface area (Å²) in [6, 6.07) is 0. The maximum Gasteiger partial charge on any atom is 0.223 e. The summed E-state index contributed by atoms with van der Waals surface area (Å²) in [4.78, 5) is 15.0. The van der Waals surface area contributed by atoms with Crippen LogP contribution in [0, 0.1) is 5.92 Å². The maximum atomic E-state index is 10.7. The van der Waals surface area contributed by atoms with E-state index in [9.17, 15) is 4.79 Å². The molecule has 1 aromatic heterocycles. The lowest BCUT2D eigenvalue weighted by molar-refractivity contribution is -0.114. The lowest BCUT2D eigenvalue weighted by atomic mass is 10.1. The van der Waals surface area contributed by atoms with E-state index in [0.29, 0.717) is 11.0 Å². The van der Waals surface area contributed by atoms with Crippen LogP contribution in [0.5, 0.6) is 0 Å². The molecule has 0 aliphatic rings. The Morgan fingerprint density at radius 1 is 1.69 bits per heavy atom. The summed E-state index contributed by atoms with van der Waals surface area (Å²) in [6.45, 7) is 5.79. The van der Waals surface area contributed by atoms with E-state index in [1.54, 1.807) is 0 Å². The number of nitrogens with zero attached hydrogens (tertiary/aromatic N) is 1. The van der Waals surface area contributed by atoms with Crippen LogP contribution in [0.4, 0.5) is 5.13 Å². The fourth-order valence-corrected chi connectivity index (χ4v) is 1.80. The number of aromatic nitrogens is 1. The van der Waals surface area contributed by atoms with E-state index in [0.717, 1.165) is 12.1 Å². The Morgan fingerprint density at radius 3 is 2.92 bits per heavy atom. The summed E-state index contributed by atoms with van der Waals surface area (Å²) in [6.07, 6.45) is 0.968. The van der Waals surface area contributed by atoms with Crippen LogP contribution in [-0.2, 0) is 11.2 Å². The number of amides is 1. The first-order valence-electron chi connectivity index (χ1n) is 4.30. The van der Waals surface area contributed by atoms with Gasteiger partial charge in [0.15, 0.2) is 5.13 Å². The van der Waals surface area contributed by atoms with Crippen molar-refractivity contribution in [2.24, 2.45) is 5.92 Å². The lowest BCUT2D eigenvalue weighted by Gasteiger charge is -1.99. The minimum atomic E-state index is -0.0644. The van der Waals surface area contributed by atoms with E-state index >= 15 is 0 Å². The Morgan fingerprint density at radius 2 is 2.38 bits per heavy atom. The van der Waals surface area contributed by atoms with Gasteiger partial charge in [0.1, 0.15) is 0 Å². The van der Waals surface area contributed by atoms with Crippen LogP contribution in [0.2, 0.25) is 0 Å². The molecule has 0 atom stereocenters. The molecule has 0 aliphatic carbocycles. The molecule has 1 N–H and O–H groups in total. The highest BCUT2D eigenvalue weighted by atomic mass is 32.1. The zero-order valence-electron chi connectivity index (χ0n) is 8.13. The van der Waals surface area contributed by atoms with Gasteiger partial charge in [0.25, 0.3) is 0 Å². The van der Waals surface area contributed by atoms with E-state index in [2.05, 4.69) is 24.1 Å². The van der Waals surface area contributed by atoms with Crippen LogP contribution in [0.1, 0.15) is 26.5 Å². The molecule has 0 unspecified atom stereocenters. The van der Waals surface area contributed by atoms with E-state index in [1.165, 1.54) is 18.3 Å². The third-order valence-corrected chi connectivity index (χ3v) is 2.26. The van der Waals surface area contributed by atoms with Gasteiger partial charge < -0.3 is 5.32 Å². The maximum absolute atomic E-state index is 10.7. The fourth-order valence-electron chi connectivity index (χ4n) is 1.03. The van der Waals surface area contributed by atoms with E-state index in [1.807, 2.05) is 5.38 Å². The summed E-state index contributed by atoms with van der Waals surface area (Å²) in [5.41, 5.74) is 1.06. The Labute approximate surface area is 82.2 Å². The molecule has 0 radical (unpaired) electrons. The number of carbonyl (C=O) groups is 1. The van der Waals surface area contributed by atoms with Gasteiger partial charge in [-0.25, -0.2) is 4.98 Å². The molecule has 4 heteroatoms. The first-order valence-corrected chi connectivity index (χ1v) is 5.18. The van der Waals surface area contributed by atoms with Gasteiger partial charge in [0.05, 0.1) is 5.69 Å². The molecule has 13 heavy (non-hydrogen) atoms. The third kappa shape index (κ3) is 3.55. The van der Waals surface area contributed by atoms with Crippen LogP contribution in [-0.4, -0.2) is 10.9 Å². The lowest BCUT2D eigenvalue weighted by Crippen LogP contribution is -2.05. The molecule has 72 valence electrons. The molecular formula is C9H14N2OS. The summed E-state index contributed by atoms with van der Waals surface area (Å²) in [5, 5.41) is 5.36. The van der Waals surface area contributed by atoms with Crippen molar-refractivity contribution in [2.45, 2.75) is 27.2 Å². The molecule has 1 heterocycles. The van der Waals surface area contributed by atoms with Crippen molar-refractivity contribution in [3.8, 4) is 0 Å². The highest BCUT2D eigenvalue weighted by Gasteiger charge is 2.04. The number of thiazole rings is 1. The van der Waals surface area contributed by atoms with Crippen LogP contribution in [0.25, 0.3) is 0 Å². The molecule has 1 aromatic rings. The van der Waals surface area contributed by atoms with Gasteiger partial charge in [0.2, 0.25) is 5.91 Å². The molecule has 1 rings (SSSR count). The number of hydrogen-bond donors (Lipinski definition) is 1. The number of rotatable bonds is 3. The zero-order valence-corrected chi connectivity index (χ0v) is 8.94. The minimum absolute atomic E-state index is 0.0644. The smallest absolute Gasteiger partial charge is 0.223 e. The van der Waals surface area contributed by atoms with Gasteiger partial charge >= 0.3 is 0 Å². The van der Waals surface area contributed by atoms with Gasteiger partial charge in [-0.1, -0.05) is 13.8 Å². The SMILES string of the molecule is CC(=O)Nc1nc(CC(C)C)cs1. The van der Waals surface area contributed by atoms with Crippen molar-refractivity contribution in [2.75, 3.05) is 5.32 Å². The topological polar surface area (TPSA) is 42.0 Å². The quantitative estimate of drug-likeness (QED) is 0.809. The van der Waals surface area contributed by atoms with Gasteiger partial charge in [-0.2, -0.15) is 0 Å². The summed E-state index contributed by atoms with van der Waals surface area (Å²) in [5.74, 6) is 0.540. The third-order valence-electron chi connectivity index (χ3n) is 1.45. The predicted molar refractivity (Wildman–Crippen MR) is 55.0 cm³/mol. The Hall–Kier alpha value is -0.900. The highest BCUT2D eigenvalue weighted by Crippen LogP contribution is 2.17. The molecule has 0 aliphatic heterocycles. The molecule has 0 bridgehead atoms. The standard InChI is InChI=1S/C9H14N2OS/c1-6(2)4-8-5-13-9(11-8)10-7(3)12/h5-6H,4H2,1-3H3,(H,10,11,12). The summed E-state index contributed by atoms with van der Waals surface area (Å²) in [7, 11) is 0. The average molecular weight is 198 g/mol.